The van der Waals surface area contributed by atoms with E-state index in [0.29, 0.717) is 38.0 Å². The number of hydrogen-bond donors (Lipinski definition) is 3. The van der Waals surface area contributed by atoms with Crippen molar-refractivity contribution < 1.29 is 9.47 Å². The van der Waals surface area contributed by atoms with Crippen molar-refractivity contribution in [1.82, 2.24) is 9.97 Å². The minimum absolute atomic E-state index is 0.593. The molecule has 1 aromatic heterocycles. The third kappa shape index (κ3) is 4.44. The maximum atomic E-state index is 5.39. The Hall–Kier alpha value is -1.44. The predicted molar refractivity (Wildman–Crippen MR) is 70.5 cm³/mol. The molecule has 0 aliphatic heterocycles. The molecule has 7 nitrogen and oxygen atoms in total. The highest BCUT2D eigenvalue weighted by Gasteiger charge is 2.07. The van der Waals surface area contributed by atoms with Gasteiger partial charge in [0.05, 0.1) is 19.8 Å². The smallest absolute Gasteiger partial charge is 0.148 e. The average Bonchev–Trinajstić information content (AvgIpc) is 2.37. The molecule has 18 heavy (non-hydrogen) atoms. The van der Waals surface area contributed by atoms with Crippen LogP contribution in [0.1, 0.15) is 11.4 Å². The molecule has 1 rings (SSSR count). The Bertz CT molecular complexity index is 373. The minimum atomic E-state index is 0.593. The van der Waals surface area contributed by atoms with Gasteiger partial charge in [0.1, 0.15) is 17.5 Å². The molecule has 0 saturated carbocycles. The SMILES string of the molecule is COCCOCCNc1nc(C)nc(NN)c1C. The van der Waals surface area contributed by atoms with Crippen LogP contribution in [-0.2, 0) is 9.47 Å². The molecule has 4 N–H and O–H groups in total. The van der Waals surface area contributed by atoms with Gasteiger partial charge in [-0.25, -0.2) is 15.8 Å². The molecule has 0 radical (unpaired) electrons. The Morgan fingerprint density at radius 1 is 1.11 bits per heavy atom. The number of rotatable bonds is 8. The van der Waals surface area contributed by atoms with E-state index >= 15 is 0 Å². The van der Waals surface area contributed by atoms with Gasteiger partial charge in [-0.2, -0.15) is 0 Å². The lowest BCUT2D eigenvalue weighted by Gasteiger charge is -2.12. The van der Waals surface area contributed by atoms with Crippen LogP contribution in [0.4, 0.5) is 11.6 Å². The number of aryl methyl sites for hydroxylation is 1. The van der Waals surface area contributed by atoms with Gasteiger partial charge in [-0.1, -0.05) is 0 Å². The second kappa shape index (κ2) is 7.80. The Morgan fingerprint density at radius 3 is 2.50 bits per heavy atom. The average molecular weight is 255 g/mol. The Morgan fingerprint density at radius 2 is 1.83 bits per heavy atom. The Labute approximate surface area is 107 Å². The minimum Gasteiger partial charge on any atom is -0.382 e. The van der Waals surface area contributed by atoms with Crippen molar-refractivity contribution in [3.8, 4) is 0 Å². The fourth-order valence-corrected chi connectivity index (χ4v) is 1.43. The topological polar surface area (TPSA) is 94.3 Å². The number of hydrogen-bond acceptors (Lipinski definition) is 7. The summed E-state index contributed by atoms with van der Waals surface area (Å²) in [6.45, 7) is 6.19. The van der Waals surface area contributed by atoms with E-state index < -0.39 is 0 Å². The number of anilines is 2. The number of nitrogens with zero attached hydrogens (tertiary/aromatic N) is 2. The van der Waals surface area contributed by atoms with E-state index in [4.69, 9.17) is 15.3 Å². The van der Waals surface area contributed by atoms with Crippen molar-refractivity contribution in [3.63, 3.8) is 0 Å². The number of nitrogen functional groups attached to an aromatic ring is 1. The van der Waals surface area contributed by atoms with E-state index in [2.05, 4.69) is 20.7 Å². The van der Waals surface area contributed by atoms with E-state index in [9.17, 15) is 0 Å². The van der Waals surface area contributed by atoms with Gasteiger partial charge in [0.2, 0.25) is 0 Å². The number of nitrogens with one attached hydrogen (secondary N) is 2. The molecule has 0 aliphatic carbocycles. The van der Waals surface area contributed by atoms with Crippen molar-refractivity contribution in [2.75, 3.05) is 44.2 Å². The molecule has 0 saturated heterocycles. The number of methoxy groups -OCH3 is 1. The van der Waals surface area contributed by atoms with Crippen LogP contribution in [0.5, 0.6) is 0 Å². The molecule has 7 heteroatoms. The summed E-state index contributed by atoms with van der Waals surface area (Å²) in [5.74, 6) is 7.45. The fourth-order valence-electron chi connectivity index (χ4n) is 1.43. The summed E-state index contributed by atoms with van der Waals surface area (Å²) >= 11 is 0. The summed E-state index contributed by atoms with van der Waals surface area (Å²) < 4.78 is 10.2. The van der Waals surface area contributed by atoms with Crippen molar-refractivity contribution in [1.29, 1.82) is 0 Å². The lowest BCUT2D eigenvalue weighted by atomic mass is 10.3. The van der Waals surface area contributed by atoms with Crippen LogP contribution in [0.25, 0.3) is 0 Å². The van der Waals surface area contributed by atoms with Crippen LogP contribution in [0.15, 0.2) is 0 Å². The molecule has 0 atom stereocenters. The zero-order valence-electron chi connectivity index (χ0n) is 11.1. The molecule has 0 amide bonds. The van der Waals surface area contributed by atoms with Gasteiger partial charge < -0.3 is 20.2 Å². The molecule has 1 heterocycles. The van der Waals surface area contributed by atoms with Crippen molar-refractivity contribution in [2.45, 2.75) is 13.8 Å². The molecule has 0 spiro atoms. The third-order valence-corrected chi connectivity index (χ3v) is 2.36. The Balaban J connectivity index is 2.44. The third-order valence-electron chi connectivity index (χ3n) is 2.36. The van der Waals surface area contributed by atoms with Gasteiger partial charge in [0.15, 0.2) is 0 Å². The maximum Gasteiger partial charge on any atom is 0.148 e. The summed E-state index contributed by atoms with van der Waals surface area (Å²) in [4.78, 5) is 8.50. The van der Waals surface area contributed by atoms with E-state index in [-0.39, 0.29) is 0 Å². The fraction of sp³-hybridized carbons (Fsp3) is 0.636. The highest BCUT2D eigenvalue weighted by molar-refractivity contribution is 5.56. The zero-order chi connectivity index (χ0) is 13.4. The first-order chi connectivity index (χ1) is 8.69. The van der Waals surface area contributed by atoms with Gasteiger partial charge in [0.25, 0.3) is 0 Å². The molecule has 0 aromatic carbocycles. The molecule has 0 aliphatic rings. The molecular formula is C11H21N5O2. The van der Waals surface area contributed by atoms with Crippen LogP contribution < -0.4 is 16.6 Å². The van der Waals surface area contributed by atoms with Crippen LogP contribution in [0.2, 0.25) is 0 Å². The van der Waals surface area contributed by atoms with Crippen LogP contribution in [-0.4, -0.2) is 43.4 Å². The maximum absolute atomic E-state index is 5.39. The van der Waals surface area contributed by atoms with Gasteiger partial charge in [-0.15, -0.1) is 0 Å². The summed E-state index contributed by atoms with van der Waals surface area (Å²) in [7, 11) is 1.65. The molecule has 0 bridgehead atoms. The van der Waals surface area contributed by atoms with E-state index in [1.807, 2.05) is 13.8 Å². The first kappa shape index (κ1) is 14.6. The van der Waals surface area contributed by atoms with Gasteiger partial charge in [-0.05, 0) is 13.8 Å². The summed E-state index contributed by atoms with van der Waals surface area (Å²) in [6, 6.07) is 0. The number of hydrazine groups is 1. The predicted octanol–water partition coefficient (Wildman–Crippen LogP) is 0.454. The second-order valence-corrected chi connectivity index (χ2v) is 3.77. The molecular weight excluding hydrogens is 234 g/mol. The Kier molecular flexibility index (Phi) is 6.34. The highest BCUT2D eigenvalue weighted by Crippen LogP contribution is 2.18. The first-order valence-corrected chi connectivity index (χ1v) is 5.81. The molecule has 0 unspecified atom stereocenters. The van der Waals surface area contributed by atoms with Crippen LogP contribution in [0.3, 0.4) is 0 Å². The standard InChI is InChI=1S/C11H21N5O2/c1-8-10(13-4-5-18-7-6-17-3)14-9(2)15-11(8)16-12/h4-7,12H2,1-3H3,(H2,13,14,15,16). The van der Waals surface area contributed by atoms with E-state index in [0.717, 1.165) is 11.4 Å². The summed E-state index contributed by atoms with van der Waals surface area (Å²) in [5, 5.41) is 3.19. The molecule has 102 valence electrons. The van der Waals surface area contributed by atoms with E-state index in [1.165, 1.54) is 0 Å². The van der Waals surface area contributed by atoms with Crippen LogP contribution in [0, 0.1) is 13.8 Å². The second-order valence-electron chi connectivity index (χ2n) is 3.77. The van der Waals surface area contributed by atoms with Gasteiger partial charge in [0, 0.05) is 19.2 Å². The largest absolute Gasteiger partial charge is 0.382 e. The van der Waals surface area contributed by atoms with E-state index in [1.54, 1.807) is 7.11 Å². The number of nitrogens with two attached hydrogens (primary N) is 1. The normalized spacial score (nSPS) is 10.4. The number of ether oxygens (including phenoxy) is 2. The van der Waals surface area contributed by atoms with Gasteiger partial charge in [-0.3, -0.25) is 0 Å². The van der Waals surface area contributed by atoms with Crippen molar-refractivity contribution in [3.05, 3.63) is 11.4 Å². The zero-order valence-corrected chi connectivity index (χ0v) is 11.1. The van der Waals surface area contributed by atoms with Gasteiger partial charge >= 0.3 is 0 Å². The van der Waals surface area contributed by atoms with Crippen molar-refractivity contribution >= 4 is 11.6 Å². The number of aromatic nitrogens is 2. The lowest BCUT2D eigenvalue weighted by molar-refractivity contribution is 0.0759. The molecule has 1 aromatic rings. The lowest BCUT2D eigenvalue weighted by Crippen LogP contribution is -2.16. The summed E-state index contributed by atoms with van der Waals surface area (Å²) in [5.41, 5.74) is 3.44. The first-order valence-electron chi connectivity index (χ1n) is 5.81. The van der Waals surface area contributed by atoms with Crippen molar-refractivity contribution in [2.24, 2.45) is 5.84 Å². The summed E-state index contributed by atoms with van der Waals surface area (Å²) in [6.07, 6.45) is 0. The monoisotopic (exact) mass is 255 g/mol. The highest BCUT2D eigenvalue weighted by atomic mass is 16.5. The molecule has 0 fully saturated rings. The quantitative estimate of drug-likeness (QED) is 0.353. The van der Waals surface area contributed by atoms with Crippen LogP contribution >= 0.6 is 0 Å².